The Labute approximate surface area is 137 Å². The van der Waals surface area contributed by atoms with Crippen LogP contribution in [0.1, 0.15) is 20.8 Å². The van der Waals surface area contributed by atoms with Gasteiger partial charge in [0.05, 0.1) is 6.61 Å². The Morgan fingerprint density at radius 1 is 0.875 bits per heavy atom. The molecule has 0 heterocycles. The summed E-state index contributed by atoms with van der Waals surface area (Å²) < 4.78 is 106. The van der Waals surface area contributed by atoms with Crippen LogP contribution in [0.3, 0.4) is 0 Å². The molecule has 0 aromatic heterocycles. The van der Waals surface area contributed by atoms with E-state index in [1.165, 1.54) is 0 Å². The topological polar surface area (TPSA) is 77.5 Å². The average Bonchev–Trinajstić information content (AvgIpc) is 2.32. The van der Waals surface area contributed by atoms with Gasteiger partial charge in [-0.1, -0.05) is 20.8 Å². The third kappa shape index (κ3) is 4.82. The van der Waals surface area contributed by atoms with Crippen molar-refractivity contribution < 1.29 is 39.1 Å². The Bertz CT molecular complexity index is 826. The normalized spacial score (nSPS) is 13.2. The van der Waals surface area contributed by atoms with Gasteiger partial charge in [-0.2, -0.15) is 8.78 Å². The van der Waals surface area contributed by atoms with Gasteiger partial charge >= 0.3 is 0 Å². The van der Waals surface area contributed by atoms with Crippen molar-refractivity contribution in [3.63, 3.8) is 0 Å². The van der Waals surface area contributed by atoms with Crippen LogP contribution >= 0.6 is 0 Å². The van der Waals surface area contributed by atoms with Crippen molar-refractivity contribution in [1.82, 2.24) is 0 Å². The number of ether oxygens (including phenoxy) is 1. The van der Waals surface area contributed by atoms with Crippen molar-refractivity contribution >= 4 is 19.7 Å². The van der Waals surface area contributed by atoms with Crippen LogP contribution in [0.4, 0.5) is 17.6 Å². The fraction of sp³-hybridized carbons (Fsp3) is 0.538. The highest BCUT2D eigenvalue weighted by Gasteiger charge is 2.36. The molecule has 0 aliphatic carbocycles. The molecule has 0 saturated heterocycles. The first-order chi connectivity index (χ1) is 10.6. The van der Waals surface area contributed by atoms with Gasteiger partial charge in [-0.15, -0.1) is 0 Å². The molecular formula is C13H16F4O5S2. The van der Waals surface area contributed by atoms with Gasteiger partial charge in [-0.05, 0) is 5.41 Å². The molecule has 0 aliphatic rings. The third-order valence-corrected chi connectivity index (χ3v) is 6.45. The summed E-state index contributed by atoms with van der Waals surface area (Å²) in [6, 6.07) is 0. The van der Waals surface area contributed by atoms with E-state index >= 15 is 0 Å². The molecule has 0 bridgehead atoms. The van der Waals surface area contributed by atoms with Gasteiger partial charge in [0.15, 0.2) is 42.1 Å². The minimum atomic E-state index is -5.16. The molecule has 0 aliphatic heterocycles. The highest BCUT2D eigenvalue weighted by molar-refractivity contribution is 8.07. The molecule has 0 amide bonds. The summed E-state index contributed by atoms with van der Waals surface area (Å²) >= 11 is 0. The molecule has 138 valence electrons. The van der Waals surface area contributed by atoms with E-state index in [9.17, 15) is 34.4 Å². The van der Waals surface area contributed by atoms with Crippen LogP contribution in [0.15, 0.2) is 4.90 Å². The highest BCUT2D eigenvalue weighted by Crippen LogP contribution is 2.34. The molecule has 0 radical (unpaired) electrons. The Morgan fingerprint density at radius 3 is 1.62 bits per heavy atom. The van der Waals surface area contributed by atoms with Crippen LogP contribution in [-0.2, 0) is 19.7 Å². The van der Waals surface area contributed by atoms with Crippen LogP contribution in [0.25, 0.3) is 0 Å². The highest BCUT2D eigenvalue weighted by atomic mass is 32.3. The van der Waals surface area contributed by atoms with Crippen molar-refractivity contribution in [1.29, 1.82) is 0 Å². The lowest BCUT2D eigenvalue weighted by atomic mass is 9.99. The zero-order chi connectivity index (χ0) is 19.1. The van der Waals surface area contributed by atoms with Crippen LogP contribution in [0.5, 0.6) is 5.75 Å². The quantitative estimate of drug-likeness (QED) is 0.568. The molecular weight excluding hydrogens is 376 g/mol. The Balaban J connectivity index is 3.54. The van der Waals surface area contributed by atoms with Crippen molar-refractivity contribution in [3.05, 3.63) is 23.3 Å². The lowest BCUT2D eigenvalue weighted by Crippen LogP contribution is -2.22. The first-order valence-electron chi connectivity index (χ1n) is 6.46. The SMILES string of the molecule is CC(C)(C)COc1c(F)c(F)c(S(=O)(=O)CS(C)(=O)=O)c(F)c1F. The molecule has 1 rings (SSSR count). The van der Waals surface area contributed by atoms with E-state index in [2.05, 4.69) is 0 Å². The molecule has 1 aromatic rings. The predicted molar refractivity (Wildman–Crippen MR) is 78.1 cm³/mol. The average molecular weight is 392 g/mol. The van der Waals surface area contributed by atoms with Crippen molar-refractivity contribution in [3.8, 4) is 5.75 Å². The van der Waals surface area contributed by atoms with Gasteiger partial charge in [-0.25, -0.2) is 25.6 Å². The summed E-state index contributed by atoms with van der Waals surface area (Å²) in [5, 5.41) is -1.70. The molecule has 1 aromatic carbocycles. The smallest absolute Gasteiger partial charge is 0.205 e. The van der Waals surface area contributed by atoms with E-state index in [0.29, 0.717) is 6.26 Å². The number of rotatable bonds is 5. The van der Waals surface area contributed by atoms with E-state index in [0.717, 1.165) is 0 Å². The molecule has 0 N–H and O–H groups in total. The second-order valence-corrected chi connectivity index (χ2v) is 10.9. The fourth-order valence-corrected chi connectivity index (χ4v) is 5.07. The van der Waals surface area contributed by atoms with Crippen molar-refractivity contribution in [2.75, 3.05) is 17.9 Å². The molecule has 0 saturated carbocycles. The molecule has 0 fully saturated rings. The number of sulfone groups is 2. The summed E-state index contributed by atoms with van der Waals surface area (Å²) in [6.45, 7) is 4.57. The molecule has 5 nitrogen and oxygen atoms in total. The molecule has 24 heavy (non-hydrogen) atoms. The summed E-state index contributed by atoms with van der Waals surface area (Å²) in [4.78, 5) is -1.98. The zero-order valence-electron chi connectivity index (χ0n) is 13.3. The monoisotopic (exact) mass is 392 g/mol. The van der Waals surface area contributed by atoms with Crippen LogP contribution < -0.4 is 4.74 Å². The number of halogens is 4. The van der Waals surface area contributed by atoms with E-state index < -0.39 is 64.1 Å². The van der Waals surface area contributed by atoms with Crippen LogP contribution in [-0.4, -0.2) is 34.8 Å². The Kier molecular flexibility index (Phi) is 5.61. The summed E-state index contributed by atoms with van der Waals surface area (Å²) in [7, 11) is -9.38. The number of hydrogen-bond acceptors (Lipinski definition) is 5. The standard InChI is InChI=1S/C13H16F4O5S2/c1-13(2,3)5-22-11-7(14)9(16)12(10(17)8(11)15)24(20,21)6-23(4,18)19/h5-6H2,1-4H3. The molecule has 0 spiro atoms. The van der Waals surface area contributed by atoms with Crippen molar-refractivity contribution in [2.45, 2.75) is 25.7 Å². The fourth-order valence-electron chi connectivity index (χ4n) is 1.62. The van der Waals surface area contributed by atoms with Gasteiger partial charge in [0.1, 0.15) is 4.90 Å². The van der Waals surface area contributed by atoms with E-state index in [4.69, 9.17) is 4.74 Å². The van der Waals surface area contributed by atoms with Crippen LogP contribution in [0.2, 0.25) is 0 Å². The maximum absolute atomic E-state index is 14.0. The largest absolute Gasteiger partial charge is 0.487 e. The van der Waals surface area contributed by atoms with Gasteiger partial charge in [-0.3, -0.25) is 0 Å². The Morgan fingerprint density at radius 2 is 1.29 bits per heavy atom. The Hall–Kier alpha value is -1.36. The minimum Gasteiger partial charge on any atom is -0.487 e. The summed E-state index contributed by atoms with van der Waals surface area (Å²) in [5.74, 6) is -9.98. The number of hydrogen-bond donors (Lipinski definition) is 0. The van der Waals surface area contributed by atoms with Gasteiger partial charge in [0.2, 0.25) is 11.6 Å². The summed E-state index contributed by atoms with van der Waals surface area (Å²) in [5.41, 5.74) is -0.604. The minimum absolute atomic E-state index is 0.310. The predicted octanol–water partition coefficient (Wildman–Crippen LogP) is 2.44. The van der Waals surface area contributed by atoms with Crippen LogP contribution in [0, 0.1) is 28.7 Å². The van der Waals surface area contributed by atoms with Gasteiger partial charge < -0.3 is 4.74 Å². The third-order valence-electron chi connectivity index (χ3n) is 2.51. The molecule has 0 atom stereocenters. The van der Waals surface area contributed by atoms with Crippen molar-refractivity contribution in [2.24, 2.45) is 5.41 Å². The second kappa shape index (κ2) is 6.51. The lowest BCUT2D eigenvalue weighted by molar-refractivity contribution is 0.178. The second-order valence-electron chi connectivity index (χ2n) is 6.42. The maximum atomic E-state index is 14.0. The maximum Gasteiger partial charge on any atom is 0.205 e. The lowest BCUT2D eigenvalue weighted by Gasteiger charge is -2.20. The van der Waals surface area contributed by atoms with E-state index in [1.54, 1.807) is 20.8 Å². The van der Waals surface area contributed by atoms with Gasteiger partial charge in [0.25, 0.3) is 0 Å². The molecule has 0 unspecified atom stereocenters. The summed E-state index contributed by atoms with van der Waals surface area (Å²) in [6.07, 6.45) is 0.494. The van der Waals surface area contributed by atoms with E-state index in [1.807, 2.05) is 0 Å². The first-order valence-corrected chi connectivity index (χ1v) is 10.2. The van der Waals surface area contributed by atoms with E-state index in [-0.39, 0.29) is 6.61 Å². The number of benzene rings is 1. The molecule has 11 heteroatoms. The zero-order valence-corrected chi connectivity index (χ0v) is 14.9. The van der Waals surface area contributed by atoms with Gasteiger partial charge in [0, 0.05) is 6.26 Å². The first kappa shape index (κ1) is 20.7.